The molecule has 1 saturated carbocycles. The third-order valence-corrected chi connectivity index (χ3v) is 7.65. The number of benzene rings is 2. The van der Waals surface area contributed by atoms with E-state index in [-0.39, 0.29) is 16.4 Å². The van der Waals surface area contributed by atoms with Gasteiger partial charge in [-0.1, -0.05) is 25.3 Å². The Balaban J connectivity index is 1.83. The van der Waals surface area contributed by atoms with Crippen molar-refractivity contribution in [2.24, 2.45) is 0 Å². The van der Waals surface area contributed by atoms with E-state index in [1.54, 1.807) is 35.2 Å². The Labute approximate surface area is 201 Å². The van der Waals surface area contributed by atoms with Crippen LogP contribution in [0, 0.1) is 0 Å². The first-order chi connectivity index (χ1) is 16.2. The van der Waals surface area contributed by atoms with Crippen LogP contribution in [0.1, 0.15) is 56.3 Å². The zero-order valence-electron chi connectivity index (χ0n) is 20.0. The molecule has 0 atom stereocenters. The number of ether oxygens (including phenoxy) is 1. The standard InChI is InChI=1S/C25H33N3O5S/c1-4-28(5-2)24(30)25(16-7-6-8-17-25)26-23(29)19-10-9-11-22(18-19)34(31,32)27-20-12-14-21(33-3)15-13-20/h9-15,18,27H,4-8,16-17H2,1-3H3,(H,26,29). The molecule has 0 unspecified atom stereocenters. The number of anilines is 1. The van der Waals surface area contributed by atoms with E-state index in [1.165, 1.54) is 25.3 Å². The van der Waals surface area contributed by atoms with Crippen LogP contribution in [-0.4, -0.2) is 50.9 Å². The molecule has 34 heavy (non-hydrogen) atoms. The number of hydrogen-bond donors (Lipinski definition) is 2. The van der Waals surface area contributed by atoms with E-state index in [4.69, 9.17) is 4.74 Å². The third-order valence-electron chi connectivity index (χ3n) is 6.27. The molecule has 9 heteroatoms. The molecule has 0 heterocycles. The summed E-state index contributed by atoms with van der Waals surface area (Å²) < 4.78 is 33.5. The second-order valence-corrected chi connectivity index (χ2v) is 10.1. The lowest BCUT2D eigenvalue weighted by Gasteiger charge is -2.40. The minimum absolute atomic E-state index is 0.0382. The molecular weight excluding hydrogens is 454 g/mol. The van der Waals surface area contributed by atoms with Crippen molar-refractivity contribution < 1.29 is 22.7 Å². The van der Waals surface area contributed by atoms with Crippen molar-refractivity contribution in [3.8, 4) is 5.75 Å². The maximum atomic E-state index is 13.3. The lowest BCUT2D eigenvalue weighted by atomic mass is 9.80. The van der Waals surface area contributed by atoms with E-state index in [9.17, 15) is 18.0 Å². The van der Waals surface area contributed by atoms with Gasteiger partial charge in [-0.05, 0) is 69.2 Å². The number of sulfonamides is 1. The average Bonchev–Trinajstić information content (AvgIpc) is 2.85. The van der Waals surface area contributed by atoms with Gasteiger partial charge in [0.2, 0.25) is 5.91 Å². The number of rotatable bonds is 9. The van der Waals surface area contributed by atoms with Gasteiger partial charge in [-0.3, -0.25) is 14.3 Å². The van der Waals surface area contributed by atoms with Crippen molar-refractivity contribution in [1.29, 1.82) is 0 Å². The molecule has 1 aliphatic rings. The van der Waals surface area contributed by atoms with Gasteiger partial charge in [0.1, 0.15) is 11.3 Å². The van der Waals surface area contributed by atoms with Crippen molar-refractivity contribution in [3.05, 3.63) is 54.1 Å². The number of carbonyl (C=O) groups is 2. The van der Waals surface area contributed by atoms with E-state index in [0.29, 0.717) is 37.4 Å². The Bertz CT molecular complexity index is 1110. The first-order valence-corrected chi connectivity index (χ1v) is 13.1. The largest absolute Gasteiger partial charge is 0.497 e. The molecule has 0 saturated heterocycles. The molecule has 1 fully saturated rings. The van der Waals surface area contributed by atoms with E-state index >= 15 is 0 Å². The van der Waals surface area contributed by atoms with Gasteiger partial charge >= 0.3 is 0 Å². The first kappa shape index (κ1) is 25.6. The maximum absolute atomic E-state index is 13.3. The second-order valence-electron chi connectivity index (χ2n) is 8.44. The SMILES string of the molecule is CCN(CC)C(=O)C1(NC(=O)c2cccc(S(=O)(=O)Nc3ccc(OC)cc3)c2)CCCCC1. The Morgan fingerprint density at radius 2 is 1.65 bits per heavy atom. The van der Waals surface area contributed by atoms with Crippen LogP contribution < -0.4 is 14.8 Å². The van der Waals surface area contributed by atoms with E-state index in [2.05, 4.69) is 10.0 Å². The van der Waals surface area contributed by atoms with Crippen molar-refractivity contribution in [1.82, 2.24) is 10.2 Å². The maximum Gasteiger partial charge on any atom is 0.261 e. The molecule has 184 valence electrons. The van der Waals surface area contributed by atoms with Crippen LogP contribution in [0.25, 0.3) is 0 Å². The van der Waals surface area contributed by atoms with Gasteiger partial charge < -0.3 is 15.0 Å². The van der Waals surface area contributed by atoms with Gasteiger partial charge in [-0.25, -0.2) is 8.42 Å². The highest BCUT2D eigenvalue weighted by atomic mass is 32.2. The number of amides is 2. The molecule has 8 nitrogen and oxygen atoms in total. The summed E-state index contributed by atoms with van der Waals surface area (Å²) in [6.07, 6.45) is 3.88. The van der Waals surface area contributed by atoms with Crippen LogP contribution in [0.3, 0.4) is 0 Å². The van der Waals surface area contributed by atoms with E-state index in [0.717, 1.165) is 19.3 Å². The number of carbonyl (C=O) groups excluding carboxylic acids is 2. The molecule has 2 aromatic rings. The first-order valence-electron chi connectivity index (χ1n) is 11.6. The normalized spacial score (nSPS) is 15.3. The van der Waals surface area contributed by atoms with Crippen molar-refractivity contribution in [2.45, 2.75) is 56.4 Å². The summed E-state index contributed by atoms with van der Waals surface area (Å²) in [7, 11) is -2.39. The molecule has 0 spiro atoms. The fourth-order valence-corrected chi connectivity index (χ4v) is 5.43. The highest BCUT2D eigenvalue weighted by Crippen LogP contribution is 2.31. The van der Waals surface area contributed by atoms with Crippen LogP contribution >= 0.6 is 0 Å². The Hall–Kier alpha value is -3.07. The highest BCUT2D eigenvalue weighted by molar-refractivity contribution is 7.92. The lowest BCUT2D eigenvalue weighted by molar-refractivity contribution is -0.139. The monoisotopic (exact) mass is 487 g/mol. The number of nitrogens with one attached hydrogen (secondary N) is 2. The number of likely N-dealkylation sites (N-methyl/N-ethyl adjacent to an activating group) is 1. The van der Waals surface area contributed by atoms with E-state index in [1.807, 2.05) is 13.8 Å². The summed E-state index contributed by atoms with van der Waals surface area (Å²) in [6, 6.07) is 12.3. The topological polar surface area (TPSA) is 105 Å². The average molecular weight is 488 g/mol. The summed E-state index contributed by atoms with van der Waals surface area (Å²) in [4.78, 5) is 28.2. The fourth-order valence-electron chi connectivity index (χ4n) is 4.33. The summed E-state index contributed by atoms with van der Waals surface area (Å²) in [5.41, 5.74) is -0.395. The van der Waals surface area contributed by atoms with Gasteiger partial charge in [0, 0.05) is 24.3 Å². The minimum Gasteiger partial charge on any atom is -0.497 e. The molecule has 2 N–H and O–H groups in total. The van der Waals surface area contributed by atoms with Gasteiger partial charge in [-0.2, -0.15) is 0 Å². The zero-order chi connectivity index (χ0) is 24.8. The summed E-state index contributed by atoms with van der Waals surface area (Å²) in [5.74, 6) is 0.0805. The number of methoxy groups -OCH3 is 1. The predicted octanol–water partition coefficient (Wildman–Crippen LogP) is 3.80. The van der Waals surface area contributed by atoms with Crippen LogP contribution in [0.4, 0.5) is 5.69 Å². The quantitative estimate of drug-likeness (QED) is 0.560. The van der Waals surface area contributed by atoms with Gasteiger partial charge in [0.05, 0.1) is 12.0 Å². The summed E-state index contributed by atoms with van der Waals surface area (Å²) in [6.45, 7) is 4.98. The Kier molecular flexibility index (Phi) is 8.19. The molecule has 3 rings (SSSR count). The highest BCUT2D eigenvalue weighted by Gasteiger charge is 2.42. The minimum atomic E-state index is -3.92. The molecule has 1 aliphatic carbocycles. The Morgan fingerprint density at radius 1 is 1.00 bits per heavy atom. The third kappa shape index (κ3) is 5.70. The van der Waals surface area contributed by atoms with Crippen molar-refractivity contribution in [2.75, 3.05) is 24.9 Å². The van der Waals surface area contributed by atoms with Crippen LogP contribution in [-0.2, 0) is 14.8 Å². The molecule has 0 aromatic heterocycles. The Morgan fingerprint density at radius 3 is 2.24 bits per heavy atom. The van der Waals surface area contributed by atoms with Gasteiger partial charge in [0.25, 0.3) is 15.9 Å². The van der Waals surface area contributed by atoms with Crippen LogP contribution in [0.15, 0.2) is 53.4 Å². The zero-order valence-corrected chi connectivity index (χ0v) is 20.8. The molecule has 0 radical (unpaired) electrons. The molecule has 0 bridgehead atoms. The smallest absolute Gasteiger partial charge is 0.261 e. The van der Waals surface area contributed by atoms with E-state index < -0.39 is 21.5 Å². The van der Waals surface area contributed by atoms with Gasteiger partial charge in [-0.15, -0.1) is 0 Å². The number of nitrogens with zero attached hydrogens (tertiary/aromatic N) is 1. The molecule has 2 aromatic carbocycles. The fraction of sp³-hybridized carbons (Fsp3) is 0.440. The van der Waals surface area contributed by atoms with Crippen molar-refractivity contribution >= 4 is 27.5 Å². The lowest BCUT2D eigenvalue weighted by Crippen LogP contribution is -2.60. The summed E-state index contributed by atoms with van der Waals surface area (Å²) in [5, 5.41) is 2.98. The van der Waals surface area contributed by atoms with Crippen LogP contribution in [0.5, 0.6) is 5.75 Å². The summed E-state index contributed by atoms with van der Waals surface area (Å²) >= 11 is 0. The second kappa shape index (κ2) is 10.9. The van der Waals surface area contributed by atoms with Crippen LogP contribution in [0.2, 0.25) is 0 Å². The van der Waals surface area contributed by atoms with Gasteiger partial charge in [0.15, 0.2) is 0 Å². The number of hydrogen-bond acceptors (Lipinski definition) is 5. The predicted molar refractivity (Wildman–Crippen MR) is 131 cm³/mol. The molecule has 2 amide bonds. The molecule has 0 aliphatic heterocycles. The molecular formula is C25H33N3O5S. The van der Waals surface area contributed by atoms with Crippen molar-refractivity contribution in [3.63, 3.8) is 0 Å².